The van der Waals surface area contributed by atoms with E-state index in [2.05, 4.69) is 0 Å². The first kappa shape index (κ1) is 17.7. The molecule has 26 heavy (non-hydrogen) atoms. The van der Waals surface area contributed by atoms with Crippen LogP contribution >= 0.6 is 0 Å². The van der Waals surface area contributed by atoms with Gasteiger partial charge in [-0.25, -0.2) is 9.59 Å². The molecule has 0 fully saturated rings. The molecule has 0 spiro atoms. The van der Waals surface area contributed by atoms with Crippen LogP contribution < -0.4 is 10.4 Å². The van der Waals surface area contributed by atoms with Crippen LogP contribution in [0.4, 0.5) is 0 Å². The fraction of sp³-hybridized carbons (Fsp3) is 0.200. The molecule has 0 aliphatic rings. The maximum absolute atomic E-state index is 12.3. The minimum absolute atomic E-state index is 0.0399. The number of carbonyl (C=O) groups is 1. The van der Waals surface area contributed by atoms with Gasteiger partial charge in [0.15, 0.2) is 0 Å². The summed E-state index contributed by atoms with van der Waals surface area (Å²) in [6.07, 6.45) is 0. The molecule has 0 amide bonds. The fourth-order valence-electron chi connectivity index (χ4n) is 2.64. The average Bonchev–Trinajstić information content (AvgIpc) is 2.65. The molecule has 3 aromatic rings. The number of benzene rings is 2. The van der Waals surface area contributed by atoms with E-state index in [0.717, 1.165) is 5.56 Å². The molecule has 3 rings (SSSR count). The molecule has 6 heteroatoms. The van der Waals surface area contributed by atoms with E-state index >= 15 is 0 Å². The minimum atomic E-state index is -0.515. The van der Waals surface area contributed by atoms with Crippen LogP contribution in [0.2, 0.25) is 0 Å². The fourth-order valence-corrected chi connectivity index (χ4v) is 2.64. The van der Waals surface area contributed by atoms with Crippen molar-refractivity contribution in [1.82, 2.24) is 0 Å². The van der Waals surface area contributed by atoms with Crippen molar-refractivity contribution in [3.63, 3.8) is 0 Å². The highest BCUT2D eigenvalue weighted by Crippen LogP contribution is 2.23. The number of fused-ring (bicyclic) bond motifs is 1. The van der Waals surface area contributed by atoms with Gasteiger partial charge in [0.2, 0.25) is 0 Å². The lowest BCUT2D eigenvalue weighted by atomic mass is 10.1. The quantitative estimate of drug-likeness (QED) is 0.499. The molecule has 6 nitrogen and oxygen atoms in total. The molecule has 0 aliphatic carbocycles. The summed E-state index contributed by atoms with van der Waals surface area (Å²) in [5.74, 6) is 0.0996. The number of carbonyl (C=O) groups excluding carboxylic acids is 1. The summed E-state index contributed by atoms with van der Waals surface area (Å²) in [7, 11) is 3.12. The van der Waals surface area contributed by atoms with Crippen LogP contribution in [0.3, 0.4) is 0 Å². The summed E-state index contributed by atoms with van der Waals surface area (Å²) in [6, 6.07) is 13.5. The SMILES string of the molecule is COCc1cccc(C(=O)OCc2cc(=O)oc3cc(OC)ccc23)c1. The van der Waals surface area contributed by atoms with Crippen molar-refractivity contribution >= 4 is 16.9 Å². The van der Waals surface area contributed by atoms with Crippen LogP contribution in [0.5, 0.6) is 5.75 Å². The van der Waals surface area contributed by atoms with Gasteiger partial charge in [-0.1, -0.05) is 12.1 Å². The molecule has 0 saturated carbocycles. The maximum Gasteiger partial charge on any atom is 0.338 e. The Morgan fingerprint density at radius 2 is 1.88 bits per heavy atom. The molecule has 134 valence electrons. The van der Waals surface area contributed by atoms with E-state index in [0.29, 0.717) is 34.5 Å². The second-order valence-electron chi connectivity index (χ2n) is 5.66. The molecule has 0 N–H and O–H groups in total. The van der Waals surface area contributed by atoms with Gasteiger partial charge < -0.3 is 18.6 Å². The standard InChI is InChI=1S/C20H18O6/c1-23-11-13-4-3-5-14(8-13)20(22)25-12-15-9-19(21)26-18-10-16(24-2)6-7-17(15)18/h3-10H,11-12H2,1-2H3. The Kier molecular flexibility index (Phi) is 5.34. The van der Waals surface area contributed by atoms with E-state index in [4.69, 9.17) is 18.6 Å². The molecule has 0 radical (unpaired) electrons. The molecule has 1 heterocycles. The summed E-state index contributed by atoms with van der Waals surface area (Å²) in [5, 5.41) is 0.686. The normalized spacial score (nSPS) is 10.7. The van der Waals surface area contributed by atoms with Gasteiger partial charge in [0.1, 0.15) is 17.9 Å². The predicted molar refractivity (Wildman–Crippen MR) is 95.3 cm³/mol. The molecule has 0 aliphatic heterocycles. The zero-order valence-electron chi connectivity index (χ0n) is 14.5. The predicted octanol–water partition coefficient (Wildman–Crippen LogP) is 3.31. The number of ether oxygens (including phenoxy) is 3. The molecule has 0 bridgehead atoms. The molecule has 0 saturated heterocycles. The zero-order chi connectivity index (χ0) is 18.5. The van der Waals surface area contributed by atoms with Crippen LogP contribution in [-0.4, -0.2) is 20.2 Å². The summed E-state index contributed by atoms with van der Waals surface area (Å²) in [4.78, 5) is 24.1. The largest absolute Gasteiger partial charge is 0.497 e. The lowest BCUT2D eigenvalue weighted by molar-refractivity contribution is 0.0473. The Morgan fingerprint density at radius 3 is 2.65 bits per heavy atom. The molecular formula is C20H18O6. The number of hydrogen-bond donors (Lipinski definition) is 0. The Balaban J connectivity index is 1.82. The Bertz CT molecular complexity index is 989. The lowest BCUT2D eigenvalue weighted by Crippen LogP contribution is -2.08. The highest BCUT2D eigenvalue weighted by molar-refractivity contribution is 5.90. The highest BCUT2D eigenvalue weighted by atomic mass is 16.5. The zero-order valence-corrected chi connectivity index (χ0v) is 14.5. The topological polar surface area (TPSA) is 75.0 Å². The van der Waals surface area contributed by atoms with Crippen LogP contribution in [-0.2, 0) is 22.7 Å². The molecule has 0 atom stereocenters. The smallest absolute Gasteiger partial charge is 0.338 e. The first-order valence-corrected chi connectivity index (χ1v) is 7.96. The van der Waals surface area contributed by atoms with Gasteiger partial charge in [0, 0.05) is 30.2 Å². The van der Waals surface area contributed by atoms with E-state index < -0.39 is 11.6 Å². The van der Waals surface area contributed by atoms with Gasteiger partial charge in [-0.2, -0.15) is 0 Å². The molecular weight excluding hydrogens is 336 g/mol. The van der Waals surface area contributed by atoms with Crippen molar-refractivity contribution in [2.75, 3.05) is 14.2 Å². The van der Waals surface area contributed by atoms with E-state index in [9.17, 15) is 9.59 Å². The van der Waals surface area contributed by atoms with Crippen molar-refractivity contribution in [2.45, 2.75) is 13.2 Å². The lowest BCUT2D eigenvalue weighted by Gasteiger charge is -2.09. The van der Waals surface area contributed by atoms with E-state index in [1.807, 2.05) is 6.07 Å². The number of methoxy groups -OCH3 is 2. The number of hydrogen-bond acceptors (Lipinski definition) is 6. The van der Waals surface area contributed by atoms with Gasteiger partial charge in [-0.15, -0.1) is 0 Å². The number of esters is 1. The molecule has 1 aromatic heterocycles. The third kappa shape index (κ3) is 3.92. The van der Waals surface area contributed by atoms with E-state index in [1.165, 1.54) is 13.2 Å². The third-order valence-corrected chi connectivity index (χ3v) is 3.87. The molecule has 2 aromatic carbocycles. The first-order chi connectivity index (χ1) is 12.6. The van der Waals surface area contributed by atoms with Crippen LogP contribution in [0.1, 0.15) is 21.5 Å². The Hall–Kier alpha value is -3.12. The summed E-state index contributed by atoms with van der Waals surface area (Å²) >= 11 is 0. The van der Waals surface area contributed by atoms with Crippen molar-refractivity contribution in [2.24, 2.45) is 0 Å². The summed E-state index contributed by atoms with van der Waals surface area (Å²) < 4.78 is 20.8. The average molecular weight is 354 g/mol. The second-order valence-corrected chi connectivity index (χ2v) is 5.66. The second kappa shape index (κ2) is 7.84. The Labute approximate surface area is 149 Å². The van der Waals surface area contributed by atoms with Gasteiger partial charge in [0.05, 0.1) is 19.3 Å². The van der Waals surface area contributed by atoms with Crippen LogP contribution in [0, 0.1) is 0 Å². The van der Waals surface area contributed by atoms with E-state index in [-0.39, 0.29) is 6.61 Å². The minimum Gasteiger partial charge on any atom is -0.497 e. The van der Waals surface area contributed by atoms with Crippen molar-refractivity contribution in [1.29, 1.82) is 0 Å². The van der Waals surface area contributed by atoms with Crippen molar-refractivity contribution in [3.8, 4) is 5.75 Å². The van der Waals surface area contributed by atoms with Gasteiger partial charge in [0.25, 0.3) is 0 Å². The van der Waals surface area contributed by atoms with E-state index in [1.54, 1.807) is 43.5 Å². The monoisotopic (exact) mass is 354 g/mol. The van der Waals surface area contributed by atoms with Gasteiger partial charge in [-0.3, -0.25) is 0 Å². The molecule has 0 unspecified atom stereocenters. The van der Waals surface area contributed by atoms with Crippen molar-refractivity contribution < 1.29 is 23.4 Å². The van der Waals surface area contributed by atoms with Crippen LogP contribution in [0.25, 0.3) is 11.0 Å². The third-order valence-electron chi connectivity index (χ3n) is 3.87. The maximum atomic E-state index is 12.3. The van der Waals surface area contributed by atoms with Gasteiger partial charge in [-0.05, 0) is 29.8 Å². The van der Waals surface area contributed by atoms with Gasteiger partial charge >= 0.3 is 11.6 Å². The van der Waals surface area contributed by atoms with Crippen molar-refractivity contribution in [3.05, 3.63) is 75.6 Å². The summed E-state index contributed by atoms with van der Waals surface area (Å²) in [6.45, 7) is 0.370. The Morgan fingerprint density at radius 1 is 1.04 bits per heavy atom. The van der Waals surface area contributed by atoms with Crippen LogP contribution in [0.15, 0.2) is 57.7 Å². The first-order valence-electron chi connectivity index (χ1n) is 7.96. The highest BCUT2D eigenvalue weighted by Gasteiger charge is 2.12. The summed E-state index contributed by atoms with van der Waals surface area (Å²) in [5.41, 5.74) is 1.73. The number of rotatable bonds is 6.